The Labute approximate surface area is 80.0 Å². The van der Waals surface area contributed by atoms with Crippen molar-refractivity contribution in [1.82, 2.24) is 10.6 Å². The summed E-state index contributed by atoms with van der Waals surface area (Å²) in [6.07, 6.45) is 0.763. The molecule has 0 aliphatic carbocycles. The second kappa shape index (κ2) is 8.01. The smallest absolute Gasteiger partial charge is 0.248 e. The molecule has 0 heterocycles. The van der Waals surface area contributed by atoms with Gasteiger partial charge in [0, 0.05) is 13.6 Å². The van der Waals surface area contributed by atoms with Gasteiger partial charge in [0.05, 0.1) is 6.61 Å². The Morgan fingerprint density at radius 1 is 1.46 bits per heavy atom. The van der Waals surface area contributed by atoms with Crippen molar-refractivity contribution in [3.63, 3.8) is 0 Å². The maximum absolute atomic E-state index is 11.0. The van der Waals surface area contributed by atoms with Crippen molar-refractivity contribution < 1.29 is 9.53 Å². The van der Waals surface area contributed by atoms with Crippen LogP contribution in [0.25, 0.3) is 0 Å². The van der Waals surface area contributed by atoms with Gasteiger partial charge in [0.15, 0.2) is 0 Å². The summed E-state index contributed by atoms with van der Waals surface area (Å²) in [5.41, 5.74) is 0. The van der Waals surface area contributed by atoms with E-state index in [-0.39, 0.29) is 12.0 Å². The van der Waals surface area contributed by atoms with Crippen LogP contribution in [0.3, 0.4) is 0 Å². The van der Waals surface area contributed by atoms with E-state index in [0.29, 0.717) is 6.61 Å². The fraction of sp³-hybridized carbons (Fsp3) is 0.889. The van der Waals surface area contributed by atoms with E-state index in [9.17, 15) is 4.79 Å². The molecule has 0 radical (unpaired) electrons. The van der Waals surface area contributed by atoms with Gasteiger partial charge in [-0.05, 0) is 19.9 Å². The third-order valence-electron chi connectivity index (χ3n) is 1.69. The molecule has 1 amide bonds. The maximum Gasteiger partial charge on any atom is 0.248 e. The minimum absolute atomic E-state index is 0.0736. The van der Waals surface area contributed by atoms with Gasteiger partial charge in [-0.1, -0.05) is 6.92 Å². The van der Waals surface area contributed by atoms with E-state index < -0.39 is 0 Å². The van der Waals surface area contributed by atoms with Crippen molar-refractivity contribution in [2.75, 3.05) is 26.7 Å². The molecule has 0 saturated heterocycles. The number of hydrogen-bond donors (Lipinski definition) is 2. The number of rotatable bonds is 7. The Morgan fingerprint density at radius 2 is 2.15 bits per heavy atom. The zero-order valence-electron chi connectivity index (χ0n) is 8.72. The second-order valence-corrected chi connectivity index (χ2v) is 2.88. The summed E-state index contributed by atoms with van der Waals surface area (Å²) in [7, 11) is 1.61. The first-order chi connectivity index (χ1) is 6.22. The summed E-state index contributed by atoms with van der Waals surface area (Å²) < 4.78 is 5.27. The van der Waals surface area contributed by atoms with Crippen LogP contribution in [0.4, 0.5) is 0 Å². The molecule has 0 aromatic heterocycles. The van der Waals surface area contributed by atoms with E-state index >= 15 is 0 Å². The normalized spacial score (nSPS) is 12.5. The van der Waals surface area contributed by atoms with Crippen LogP contribution in [0.5, 0.6) is 0 Å². The van der Waals surface area contributed by atoms with E-state index in [1.165, 1.54) is 0 Å². The van der Waals surface area contributed by atoms with Crippen LogP contribution >= 0.6 is 0 Å². The molecule has 0 aliphatic rings. The van der Waals surface area contributed by atoms with E-state index in [2.05, 4.69) is 17.6 Å². The number of carbonyl (C=O) groups is 1. The molecule has 1 atom stereocenters. The van der Waals surface area contributed by atoms with Gasteiger partial charge in [-0.3, -0.25) is 4.79 Å². The number of hydrogen-bond acceptors (Lipinski definition) is 3. The fourth-order valence-electron chi connectivity index (χ4n) is 0.889. The molecule has 0 rings (SSSR count). The molecule has 78 valence electrons. The first-order valence-corrected chi connectivity index (χ1v) is 4.76. The molecule has 0 bridgehead atoms. The van der Waals surface area contributed by atoms with Crippen molar-refractivity contribution in [2.45, 2.75) is 26.4 Å². The monoisotopic (exact) mass is 188 g/mol. The molecule has 0 spiro atoms. The highest BCUT2D eigenvalue weighted by atomic mass is 16.5. The van der Waals surface area contributed by atoms with E-state index in [0.717, 1.165) is 19.5 Å². The maximum atomic E-state index is 11.0. The lowest BCUT2D eigenvalue weighted by molar-refractivity contribution is -0.131. The summed E-state index contributed by atoms with van der Waals surface area (Å²) >= 11 is 0. The molecule has 13 heavy (non-hydrogen) atoms. The van der Waals surface area contributed by atoms with Crippen LogP contribution in [-0.2, 0) is 9.53 Å². The third kappa shape index (κ3) is 6.54. The average molecular weight is 188 g/mol. The van der Waals surface area contributed by atoms with Gasteiger partial charge in [0.25, 0.3) is 0 Å². The van der Waals surface area contributed by atoms with Crippen LogP contribution in [0.15, 0.2) is 0 Å². The van der Waals surface area contributed by atoms with Crippen molar-refractivity contribution >= 4 is 5.91 Å². The zero-order valence-corrected chi connectivity index (χ0v) is 8.72. The lowest BCUT2D eigenvalue weighted by Crippen LogP contribution is -2.33. The number of carbonyl (C=O) groups excluding carboxylic acids is 1. The Kier molecular flexibility index (Phi) is 7.63. The lowest BCUT2D eigenvalue weighted by Gasteiger charge is -2.11. The van der Waals surface area contributed by atoms with Crippen molar-refractivity contribution in [1.29, 1.82) is 0 Å². The van der Waals surface area contributed by atoms with Gasteiger partial charge in [0.2, 0.25) is 5.91 Å². The summed E-state index contributed by atoms with van der Waals surface area (Å²) in [4.78, 5) is 11.0. The predicted molar refractivity (Wildman–Crippen MR) is 52.6 cm³/mol. The van der Waals surface area contributed by atoms with Gasteiger partial charge < -0.3 is 15.4 Å². The standard InChI is InChI=1S/C9H20N2O2/c1-4-5-11-6-7-13-8(2)9(12)10-3/h8,11H,4-7H2,1-3H3,(H,10,12). The van der Waals surface area contributed by atoms with Crippen molar-refractivity contribution in [3.8, 4) is 0 Å². The van der Waals surface area contributed by atoms with Crippen molar-refractivity contribution in [3.05, 3.63) is 0 Å². The fourth-order valence-corrected chi connectivity index (χ4v) is 0.889. The summed E-state index contributed by atoms with van der Waals surface area (Å²) in [5, 5.41) is 5.72. The molecular formula is C9H20N2O2. The van der Waals surface area contributed by atoms with E-state index in [1.54, 1.807) is 14.0 Å². The topological polar surface area (TPSA) is 50.4 Å². The Morgan fingerprint density at radius 3 is 2.69 bits per heavy atom. The highest BCUT2D eigenvalue weighted by molar-refractivity contribution is 5.79. The van der Waals surface area contributed by atoms with Crippen LogP contribution in [-0.4, -0.2) is 38.8 Å². The zero-order chi connectivity index (χ0) is 10.1. The SMILES string of the molecule is CCCNCCOC(C)C(=O)NC. The number of likely N-dealkylation sites (N-methyl/N-ethyl adjacent to an activating group) is 1. The molecule has 0 fully saturated rings. The summed E-state index contributed by atoms with van der Waals surface area (Å²) in [6, 6.07) is 0. The molecule has 4 nitrogen and oxygen atoms in total. The Hall–Kier alpha value is -0.610. The number of amides is 1. The minimum Gasteiger partial charge on any atom is -0.367 e. The van der Waals surface area contributed by atoms with Crippen LogP contribution in [0.2, 0.25) is 0 Å². The van der Waals surface area contributed by atoms with Gasteiger partial charge in [-0.25, -0.2) is 0 Å². The molecule has 0 aromatic carbocycles. The van der Waals surface area contributed by atoms with Crippen LogP contribution in [0, 0.1) is 0 Å². The quantitative estimate of drug-likeness (QED) is 0.559. The molecule has 4 heteroatoms. The Balaban J connectivity index is 3.26. The van der Waals surface area contributed by atoms with Crippen LogP contribution < -0.4 is 10.6 Å². The van der Waals surface area contributed by atoms with Gasteiger partial charge >= 0.3 is 0 Å². The van der Waals surface area contributed by atoms with Gasteiger partial charge in [0.1, 0.15) is 6.10 Å². The largest absolute Gasteiger partial charge is 0.367 e. The van der Waals surface area contributed by atoms with E-state index in [1.807, 2.05) is 0 Å². The number of nitrogens with one attached hydrogen (secondary N) is 2. The highest BCUT2D eigenvalue weighted by Crippen LogP contribution is 1.88. The molecule has 0 aliphatic heterocycles. The first kappa shape index (κ1) is 12.4. The van der Waals surface area contributed by atoms with Gasteiger partial charge in [-0.15, -0.1) is 0 Å². The van der Waals surface area contributed by atoms with Crippen LogP contribution in [0.1, 0.15) is 20.3 Å². The molecular weight excluding hydrogens is 168 g/mol. The molecule has 2 N–H and O–H groups in total. The van der Waals surface area contributed by atoms with Crippen molar-refractivity contribution in [2.24, 2.45) is 0 Å². The second-order valence-electron chi connectivity index (χ2n) is 2.88. The molecule has 0 aromatic rings. The first-order valence-electron chi connectivity index (χ1n) is 4.76. The average Bonchev–Trinajstić information content (AvgIpc) is 2.16. The minimum atomic E-state index is -0.353. The highest BCUT2D eigenvalue weighted by Gasteiger charge is 2.09. The lowest BCUT2D eigenvalue weighted by atomic mass is 10.4. The summed E-state index contributed by atoms with van der Waals surface area (Å²) in [5.74, 6) is -0.0736. The Bertz CT molecular complexity index is 140. The summed E-state index contributed by atoms with van der Waals surface area (Å²) in [6.45, 7) is 6.24. The number of ether oxygens (including phenoxy) is 1. The third-order valence-corrected chi connectivity index (χ3v) is 1.69. The van der Waals surface area contributed by atoms with Gasteiger partial charge in [-0.2, -0.15) is 0 Å². The van der Waals surface area contributed by atoms with E-state index in [4.69, 9.17) is 4.74 Å². The molecule has 0 saturated carbocycles. The molecule has 1 unspecified atom stereocenters. The predicted octanol–water partition coefficient (Wildman–Crippen LogP) is 0.137.